The molecular weight excluding hydrogens is 518 g/mol. The number of nitrogens with zero attached hydrogens (tertiary/aromatic N) is 1. The Morgan fingerprint density at radius 2 is 1.62 bits per heavy atom. The highest BCUT2D eigenvalue weighted by Gasteiger charge is 2.43. The number of benzene rings is 2. The van der Waals surface area contributed by atoms with Crippen molar-refractivity contribution in [2.75, 3.05) is 13.2 Å². The highest BCUT2D eigenvalue weighted by molar-refractivity contribution is 6.31. The van der Waals surface area contributed by atoms with Gasteiger partial charge in [-0.1, -0.05) is 35.9 Å². The van der Waals surface area contributed by atoms with Crippen LogP contribution in [0.25, 0.3) is 0 Å². The number of hydrogen-bond acceptors (Lipinski definition) is 6. The van der Waals surface area contributed by atoms with E-state index in [1.54, 1.807) is 0 Å². The van der Waals surface area contributed by atoms with Gasteiger partial charge < -0.3 is 19.5 Å². The number of halogens is 1. The summed E-state index contributed by atoms with van der Waals surface area (Å²) in [5.41, 5.74) is 4.61. The molecule has 0 bridgehead atoms. The van der Waals surface area contributed by atoms with Crippen LogP contribution < -0.4 is 9.47 Å². The van der Waals surface area contributed by atoms with E-state index in [0.717, 1.165) is 22.5 Å². The van der Waals surface area contributed by atoms with Crippen molar-refractivity contribution in [3.05, 3.63) is 81.2 Å². The van der Waals surface area contributed by atoms with Crippen molar-refractivity contribution in [3.8, 4) is 11.5 Å². The van der Waals surface area contributed by atoms with E-state index in [4.69, 9.17) is 21.1 Å². The van der Waals surface area contributed by atoms with E-state index in [0.29, 0.717) is 72.8 Å². The molecule has 0 aromatic heterocycles. The van der Waals surface area contributed by atoms with Crippen LogP contribution in [0.1, 0.15) is 68.9 Å². The third-order valence-corrected chi connectivity index (χ3v) is 7.95. The third kappa shape index (κ3) is 5.46. The molecule has 0 saturated heterocycles. The van der Waals surface area contributed by atoms with Crippen LogP contribution in [-0.4, -0.2) is 40.7 Å². The minimum absolute atomic E-state index is 0.0171. The summed E-state index contributed by atoms with van der Waals surface area (Å²) in [7, 11) is 0. The van der Waals surface area contributed by atoms with Crippen molar-refractivity contribution in [2.45, 2.75) is 64.4 Å². The van der Waals surface area contributed by atoms with Gasteiger partial charge in [0.15, 0.2) is 23.1 Å². The molecule has 5 rings (SSSR count). The first-order valence-corrected chi connectivity index (χ1v) is 13.9. The van der Waals surface area contributed by atoms with Crippen LogP contribution in [0, 0.1) is 0 Å². The van der Waals surface area contributed by atoms with Crippen LogP contribution in [0.3, 0.4) is 0 Å². The Morgan fingerprint density at radius 1 is 0.949 bits per heavy atom. The molecule has 2 aromatic rings. The van der Waals surface area contributed by atoms with Gasteiger partial charge in [0.2, 0.25) is 0 Å². The van der Waals surface area contributed by atoms with E-state index >= 15 is 0 Å². The molecule has 0 fully saturated rings. The second-order valence-corrected chi connectivity index (χ2v) is 10.4. The lowest BCUT2D eigenvalue weighted by Crippen LogP contribution is -2.39. The van der Waals surface area contributed by atoms with Crippen molar-refractivity contribution >= 4 is 29.1 Å². The zero-order chi connectivity index (χ0) is 27.5. The number of aliphatic carboxylic acids is 1. The molecule has 2 aliphatic carbocycles. The molecule has 39 heavy (non-hydrogen) atoms. The first-order chi connectivity index (χ1) is 18.9. The second kappa shape index (κ2) is 11.7. The lowest BCUT2D eigenvalue weighted by molar-refractivity contribution is -0.137. The number of Topliss-reactive ketones (excluding diaryl/α,β-unsaturated/α-hetero) is 2. The van der Waals surface area contributed by atoms with E-state index < -0.39 is 11.9 Å². The van der Waals surface area contributed by atoms with E-state index in [9.17, 15) is 19.5 Å². The summed E-state index contributed by atoms with van der Waals surface area (Å²) >= 11 is 6.31. The Balaban J connectivity index is 1.57. The molecule has 0 saturated carbocycles. The van der Waals surface area contributed by atoms with Crippen LogP contribution in [0.15, 0.2) is 65.0 Å². The zero-order valence-electron chi connectivity index (χ0n) is 22.0. The predicted octanol–water partition coefficient (Wildman–Crippen LogP) is 6.21. The number of hydrogen-bond donors (Lipinski definition) is 1. The molecule has 2 aromatic carbocycles. The van der Waals surface area contributed by atoms with Crippen LogP contribution in [0.2, 0.25) is 5.02 Å². The SMILES string of the molecule is CCOc1cc(C2C3=C(CCCC3=O)N(CCC(=O)O)C3=C2C(=O)CCC3)ccc1OCc1ccccc1Cl. The third-order valence-electron chi connectivity index (χ3n) is 7.58. The van der Waals surface area contributed by atoms with E-state index in [1.165, 1.54) is 0 Å². The molecule has 1 heterocycles. The number of rotatable bonds is 9. The summed E-state index contributed by atoms with van der Waals surface area (Å²) in [6, 6.07) is 13.1. The summed E-state index contributed by atoms with van der Waals surface area (Å²) in [4.78, 5) is 40.3. The molecule has 0 unspecified atom stereocenters. The van der Waals surface area contributed by atoms with Gasteiger partial charge in [0.25, 0.3) is 0 Å². The summed E-state index contributed by atoms with van der Waals surface area (Å²) in [6.07, 6.45) is 3.55. The molecule has 0 spiro atoms. The van der Waals surface area contributed by atoms with Gasteiger partial charge in [0.1, 0.15) is 6.61 Å². The maximum absolute atomic E-state index is 13.4. The number of ether oxygens (including phenoxy) is 2. The van der Waals surface area contributed by atoms with Crippen molar-refractivity contribution in [3.63, 3.8) is 0 Å². The fourth-order valence-electron chi connectivity index (χ4n) is 5.89. The van der Waals surface area contributed by atoms with Crippen LogP contribution in [0.5, 0.6) is 11.5 Å². The topological polar surface area (TPSA) is 93.1 Å². The van der Waals surface area contributed by atoms with Gasteiger partial charge >= 0.3 is 5.97 Å². The monoisotopic (exact) mass is 549 g/mol. The normalized spacial score (nSPS) is 17.7. The number of carboxylic acid groups (broad SMARTS) is 1. The van der Waals surface area contributed by atoms with Crippen LogP contribution >= 0.6 is 11.6 Å². The Morgan fingerprint density at radius 3 is 2.23 bits per heavy atom. The van der Waals surface area contributed by atoms with Crippen LogP contribution in [0.4, 0.5) is 0 Å². The number of carbonyl (C=O) groups excluding carboxylic acids is 2. The molecule has 8 heteroatoms. The number of carbonyl (C=O) groups is 3. The van der Waals surface area contributed by atoms with Crippen molar-refractivity contribution in [1.82, 2.24) is 4.90 Å². The quantitative estimate of drug-likeness (QED) is 0.397. The van der Waals surface area contributed by atoms with Crippen molar-refractivity contribution in [2.24, 2.45) is 0 Å². The Kier molecular flexibility index (Phi) is 8.07. The van der Waals surface area contributed by atoms with Gasteiger partial charge in [-0.3, -0.25) is 14.4 Å². The van der Waals surface area contributed by atoms with E-state index in [1.807, 2.05) is 54.3 Å². The maximum Gasteiger partial charge on any atom is 0.305 e. The fraction of sp³-hybridized carbons (Fsp3) is 0.387. The predicted molar refractivity (Wildman–Crippen MR) is 147 cm³/mol. The maximum atomic E-state index is 13.4. The molecule has 0 amide bonds. The zero-order valence-corrected chi connectivity index (χ0v) is 22.8. The average molecular weight is 550 g/mol. The van der Waals surface area contributed by atoms with Gasteiger partial charge in [-0.15, -0.1) is 0 Å². The molecule has 0 radical (unpaired) electrons. The molecule has 1 N–H and O–H groups in total. The Bertz CT molecular complexity index is 1330. The van der Waals surface area contributed by atoms with Gasteiger partial charge in [-0.05, 0) is 56.4 Å². The largest absolute Gasteiger partial charge is 0.490 e. The molecule has 204 valence electrons. The first-order valence-electron chi connectivity index (χ1n) is 13.5. The van der Waals surface area contributed by atoms with Crippen molar-refractivity contribution < 1.29 is 29.0 Å². The second-order valence-electron chi connectivity index (χ2n) is 10.0. The number of carboxylic acids is 1. The number of allylic oxidation sites excluding steroid dienone is 4. The van der Waals surface area contributed by atoms with Crippen LogP contribution in [-0.2, 0) is 21.0 Å². The fourth-order valence-corrected chi connectivity index (χ4v) is 6.08. The lowest BCUT2D eigenvalue weighted by Gasteiger charge is -2.44. The van der Waals surface area contributed by atoms with Gasteiger partial charge in [0.05, 0.1) is 13.0 Å². The minimum atomic E-state index is -0.903. The molecular formula is C31H32ClNO6. The highest BCUT2D eigenvalue weighted by Crippen LogP contribution is 2.50. The summed E-state index contributed by atoms with van der Waals surface area (Å²) in [6.45, 7) is 2.82. The molecule has 7 nitrogen and oxygen atoms in total. The van der Waals surface area contributed by atoms with Crippen molar-refractivity contribution in [1.29, 1.82) is 0 Å². The van der Waals surface area contributed by atoms with E-state index in [2.05, 4.69) is 0 Å². The Labute approximate surface area is 233 Å². The number of ketones is 2. The summed E-state index contributed by atoms with van der Waals surface area (Å²) in [5.74, 6) is -0.293. The summed E-state index contributed by atoms with van der Waals surface area (Å²) < 4.78 is 12.1. The van der Waals surface area contributed by atoms with Gasteiger partial charge in [-0.25, -0.2) is 0 Å². The minimum Gasteiger partial charge on any atom is -0.490 e. The molecule has 0 atom stereocenters. The highest BCUT2D eigenvalue weighted by atomic mass is 35.5. The smallest absolute Gasteiger partial charge is 0.305 e. The standard InChI is InChI=1S/C31H32ClNO6/c1-2-38-27-17-19(13-14-26(27)39-18-20-7-3-4-8-21(20)32)29-30-22(9-5-11-24(30)34)33(16-15-28(36)37)23-10-6-12-25(35)31(23)29/h3-4,7-8,13-14,17,29H,2,5-6,9-12,15-16,18H2,1H3,(H,36,37). The first kappa shape index (κ1) is 27.0. The molecule has 1 aliphatic heterocycles. The van der Waals surface area contributed by atoms with Gasteiger partial charge in [0, 0.05) is 58.4 Å². The molecule has 3 aliphatic rings. The van der Waals surface area contributed by atoms with Gasteiger partial charge in [-0.2, -0.15) is 0 Å². The Hall–Kier alpha value is -3.58. The average Bonchev–Trinajstić information content (AvgIpc) is 2.92. The lowest BCUT2D eigenvalue weighted by atomic mass is 9.71. The summed E-state index contributed by atoms with van der Waals surface area (Å²) in [5, 5.41) is 10.0. The van der Waals surface area contributed by atoms with E-state index in [-0.39, 0.29) is 31.1 Å².